The van der Waals surface area contributed by atoms with Gasteiger partial charge < -0.3 is 14.5 Å². The van der Waals surface area contributed by atoms with Crippen LogP contribution in [0.3, 0.4) is 0 Å². The lowest BCUT2D eigenvalue weighted by molar-refractivity contribution is 0.250. The zero-order chi connectivity index (χ0) is 14.5. The number of furan rings is 1. The van der Waals surface area contributed by atoms with Gasteiger partial charge >= 0.3 is 0 Å². The molecule has 3 heteroatoms. The molecule has 0 aliphatic carbocycles. The summed E-state index contributed by atoms with van der Waals surface area (Å²) in [5.74, 6) is 1.78. The van der Waals surface area contributed by atoms with E-state index in [1.54, 1.807) is 0 Å². The molecule has 21 heavy (non-hydrogen) atoms. The van der Waals surface area contributed by atoms with Crippen LogP contribution < -0.4 is 10.1 Å². The summed E-state index contributed by atoms with van der Waals surface area (Å²) in [6, 6.07) is 20.0. The first-order valence-electron chi connectivity index (χ1n) is 7.26. The Kier molecular flexibility index (Phi) is 4.22. The summed E-state index contributed by atoms with van der Waals surface area (Å²) < 4.78 is 11.8. The zero-order valence-electron chi connectivity index (χ0n) is 12.1. The highest BCUT2D eigenvalue weighted by Crippen LogP contribution is 2.24. The van der Waals surface area contributed by atoms with E-state index >= 15 is 0 Å². The molecule has 3 rings (SSSR count). The van der Waals surface area contributed by atoms with Crippen LogP contribution in [0.2, 0.25) is 0 Å². The van der Waals surface area contributed by atoms with E-state index in [2.05, 4.69) is 24.4 Å². The van der Waals surface area contributed by atoms with Gasteiger partial charge in [-0.05, 0) is 30.8 Å². The van der Waals surface area contributed by atoms with Gasteiger partial charge in [-0.25, -0.2) is 0 Å². The molecule has 0 amide bonds. The van der Waals surface area contributed by atoms with Crippen molar-refractivity contribution in [2.75, 3.05) is 13.2 Å². The first kappa shape index (κ1) is 13.7. The number of ether oxygens (including phenoxy) is 1. The third-order valence-corrected chi connectivity index (χ3v) is 3.40. The van der Waals surface area contributed by atoms with Crippen LogP contribution in [0.15, 0.2) is 65.1 Å². The summed E-state index contributed by atoms with van der Waals surface area (Å²) in [6.45, 7) is 3.48. The van der Waals surface area contributed by atoms with Crippen molar-refractivity contribution < 1.29 is 9.15 Å². The molecule has 0 aliphatic rings. The summed E-state index contributed by atoms with van der Waals surface area (Å²) in [6.07, 6.45) is 0. The number of hydrogen-bond acceptors (Lipinski definition) is 3. The van der Waals surface area contributed by atoms with Crippen LogP contribution in [0.25, 0.3) is 11.0 Å². The molecular formula is C18H19NO2. The topological polar surface area (TPSA) is 34.4 Å². The number of nitrogens with one attached hydrogen (secondary N) is 1. The second kappa shape index (κ2) is 6.46. The SMILES string of the molecule is CCNC(COc1ccccc1)c1cc2ccccc2o1. The molecule has 1 aromatic heterocycles. The van der Waals surface area contributed by atoms with Gasteiger partial charge in [-0.3, -0.25) is 0 Å². The van der Waals surface area contributed by atoms with E-state index in [9.17, 15) is 0 Å². The molecule has 1 heterocycles. The maximum Gasteiger partial charge on any atom is 0.134 e. The first-order chi connectivity index (χ1) is 10.4. The lowest BCUT2D eigenvalue weighted by Gasteiger charge is -2.16. The van der Waals surface area contributed by atoms with Crippen molar-refractivity contribution in [2.24, 2.45) is 0 Å². The lowest BCUT2D eigenvalue weighted by atomic mass is 10.2. The molecule has 0 spiro atoms. The van der Waals surface area contributed by atoms with Crippen LogP contribution >= 0.6 is 0 Å². The predicted molar refractivity (Wildman–Crippen MR) is 84.6 cm³/mol. The van der Waals surface area contributed by atoms with E-state index in [1.807, 2.05) is 48.5 Å². The molecule has 0 fully saturated rings. The molecule has 0 radical (unpaired) electrons. The smallest absolute Gasteiger partial charge is 0.134 e. The minimum Gasteiger partial charge on any atom is -0.491 e. The van der Waals surface area contributed by atoms with Crippen LogP contribution in [0.4, 0.5) is 0 Å². The average Bonchev–Trinajstić information content (AvgIpc) is 2.96. The van der Waals surface area contributed by atoms with Crippen LogP contribution in [-0.4, -0.2) is 13.2 Å². The van der Waals surface area contributed by atoms with E-state index in [1.165, 1.54) is 0 Å². The molecule has 3 aromatic rings. The Labute approximate surface area is 124 Å². The Morgan fingerprint density at radius 1 is 1.05 bits per heavy atom. The normalized spacial score (nSPS) is 12.4. The van der Waals surface area contributed by atoms with Gasteiger partial charge in [0.15, 0.2) is 0 Å². The molecule has 1 unspecified atom stereocenters. The molecule has 3 nitrogen and oxygen atoms in total. The first-order valence-corrected chi connectivity index (χ1v) is 7.26. The van der Waals surface area contributed by atoms with Crippen molar-refractivity contribution >= 4 is 11.0 Å². The van der Waals surface area contributed by atoms with Gasteiger partial charge in [0, 0.05) is 5.39 Å². The van der Waals surface area contributed by atoms with E-state index in [0.717, 1.165) is 29.0 Å². The Bertz CT molecular complexity index is 658. The van der Waals surface area contributed by atoms with Gasteiger partial charge in [0.05, 0.1) is 0 Å². The fraction of sp³-hybridized carbons (Fsp3) is 0.222. The predicted octanol–water partition coefficient (Wildman–Crippen LogP) is 4.16. The number of para-hydroxylation sites is 2. The van der Waals surface area contributed by atoms with Gasteiger partial charge in [-0.2, -0.15) is 0 Å². The van der Waals surface area contributed by atoms with Gasteiger partial charge in [0.2, 0.25) is 0 Å². The summed E-state index contributed by atoms with van der Waals surface area (Å²) in [4.78, 5) is 0. The molecule has 1 N–H and O–H groups in total. The quantitative estimate of drug-likeness (QED) is 0.736. The van der Waals surface area contributed by atoms with Crippen LogP contribution in [0, 0.1) is 0 Å². The average molecular weight is 281 g/mol. The Morgan fingerprint density at radius 2 is 1.81 bits per heavy atom. The molecule has 0 saturated carbocycles. The van der Waals surface area contributed by atoms with Crippen molar-refractivity contribution in [1.82, 2.24) is 5.32 Å². The fourth-order valence-electron chi connectivity index (χ4n) is 2.36. The highest BCUT2D eigenvalue weighted by atomic mass is 16.5. The Balaban J connectivity index is 1.77. The van der Waals surface area contributed by atoms with Gasteiger partial charge in [0.1, 0.15) is 29.7 Å². The highest BCUT2D eigenvalue weighted by molar-refractivity contribution is 5.77. The molecule has 1 atom stereocenters. The minimum atomic E-state index is 0.0441. The van der Waals surface area contributed by atoms with Crippen LogP contribution in [-0.2, 0) is 0 Å². The maximum atomic E-state index is 5.93. The standard InChI is InChI=1S/C18H19NO2/c1-2-19-16(13-20-15-9-4-3-5-10-15)18-12-14-8-6-7-11-17(14)21-18/h3-12,16,19H,2,13H2,1H3. The van der Waals surface area contributed by atoms with Gasteiger partial charge in [-0.15, -0.1) is 0 Å². The number of likely N-dealkylation sites (N-methyl/N-ethyl adjacent to an activating group) is 1. The molecular weight excluding hydrogens is 262 g/mol. The number of benzene rings is 2. The highest BCUT2D eigenvalue weighted by Gasteiger charge is 2.16. The third kappa shape index (κ3) is 3.26. The van der Waals surface area contributed by atoms with E-state index in [4.69, 9.17) is 9.15 Å². The van der Waals surface area contributed by atoms with E-state index < -0.39 is 0 Å². The zero-order valence-corrected chi connectivity index (χ0v) is 12.1. The number of hydrogen-bond donors (Lipinski definition) is 1. The summed E-state index contributed by atoms with van der Waals surface area (Å²) in [5, 5.41) is 4.53. The largest absolute Gasteiger partial charge is 0.491 e. The third-order valence-electron chi connectivity index (χ3n) is 3.40. The second-order valence-electron chi connectivity index (χ2n) is 4.92. The van der Waals surface area contributed by atoms with Crippen molar-refractivity contribution in [3.63, 3.8) is 0 Å². The molecule has 0 bridgehead atoms. The minimum absolute atomic E-state index is 0.0441. The summed E-state index contributed by atoms with van der Waals surface area (Å²) >= 11 is 0. The number of rotatable bonds is 6. The van der Waals surface area contributed by atoms with E-state index in [0.29, 0.717) is 6.61 Å². The molecule has 2 aromatic carbocycles. The Hall–Kier alpha value is -2.26. The monoisotopic (exact) mass is 281 g/mol. The van der Waals surface area contributed by atoms with Crippen molar-refractivity contribution in [2.45, 2.75) is 13.0 Å². The van der Waals surface area contributed by atoms with Crippen molar-refractivity contribution in [3.05, 3.63) is 66.4 Å². The second-order valence-corrected chi connectivity index (χ2v) is 4.92. The van der Waals surface area contributed by atoms with Gasteiger partial charge in [0.25, 0.3) is 0 Å². The van der Waals surface area contributed by atoms with Crippen LogP contribution in [0.1, 0.15) is 18.7 Å². The van der Waals surface area contributed by atoms with Crippen molar-refractivity contribution in [3.8, 4) is 5.75 Å². The Morgan fingerprint density at radius 3 is 2.57 bits per heavy atom. The lowest BCUT2D eigenvalue weighted by Crippen LogP contribution is -2.26. The molecule has 0 saturated heterocycles. The molecule has 108 valence electrons. The summed E-state index contributed by atoms with van der Waals surface area (Å²) in [7, 11) is 0. The maximum absolute atomic E-state index is 5.93. The van der Waals surface area contributed by atoms with Crippen molar-refractivity contribution in [1.29, 1.82) is 0 Å². The fourth-order valence-corrected chi connectivity index (χ4v) is 2.36. The molecule has 0 aliphatic heterocycles. The summed E-state index contributed by atoms with van der Waals surface area (Å²) in [5.41, 5.74) is 0.912. The van der Waals surface area contributed by atoms with Gasteiger partial charge in [-0.1, -0.05) is 43.3 Å². The van der Waals surface area contributed by atoms with E-state index in [-0.39, 0.29) is 6.04 Å². The number of fused-ring (bicyclic) bond motifs is 1. The van der Waals surface area contributed by atoms with Crippen LogP contribution in [0.5, 0.6) is 5.75 Å².